The van der Waals surface area contributed by atoms with Crippen molar-refractivity contribution in [3.05, 3.63) is 41.5 Å². The third-order valence-electron chi connectivity index (χ3n) is 4.28. The summed E-state index contributed by atoms with van der Waals surface area (Å²) in [5, 5.41) is 10.1. The number of imidazole rings is 1. The highest BCUT2D eigenvalue weighted by Crippen LogP contribution is 2.42. The van der Waals surface area contributed by atoms with Crippen LogP contribution in [0.15, 0.2) is 24.7 Å². The number of benzene rings is 1. The lowest BCUT2D eigenvalue weighted by atomic mass is 9.80. The van der Waals surface area contributed by atoms with Crippen molar-refractivity contribution in [1.29, 1.82) is 0 Å². The first-order valence-corrected chi connectivity index (χ1v) is 9.62. The lowest BCUT2D eigenvalue weighted by Crippen LogP contribution is -2.17. The van der Waals surface area contributed by atoms with Crippen molar-refractivity contribution in [3.8, 4) is 5.75 Å². The van der Waals surface area contributed by atoms with Gasteiger partial charge in [-0.1, -0.05) is 6.07 Å². The molecule has 1 atom stereocenters. The van der Waals surface area contributed by atoms with Crippen LogP contribution < -0.4 is 4.72 Å². The number of anilines is 1. The van der Waals surface area contributed by atoms with Crippen LogP contribution in [0.3, 0.4) is 0 Å². The first kappa shape index (κ1) is 18.6. The molecule has 0 amide bonds. The van der Waals surface area contributed by atoms with E-state index in [0.29, 0.717) is 5.69 Å². The van der Waals surface area contributed by atoms with E-state index in [9.17, 15) is 13.5 Å². The Balaban J connectivity index is 0.00000208. The Bertz CT molecular complexity index is 833. The van der Waals surface area contributed by atoms with Gasteiger partial charge in [-0.15, -0.1) is 12.4 Å². The van der Waals surface area contributed by atoms with Crippen molar-refractivity contribution < 1.29 is 13.5 Å². The molecule has 2 aromatic rings. The van der Waals surface area contributed by atoms with E-state index in [1.165, 1.54) is 0 Å². The molecule has 1 heterocycles. The average molecular weight is 372 g/mol. The van der Waals surface area contributed by atoms with Crippen LogP contribution in [0.5, 0.6) is 5.75 Å². The molecule has 8 heteroatoms. The maximum Gasteiger partial charge on any atom is 0.229 e. The van der Waals surface area contributed by atoms with E-state index >= 15 is 0 Å². The number of aromatic hydroxyl groups is 1. The van der Waals surface area contributed by atoms with Crippen molar-refractivity contribution >= 4 is 28.1 Å². The molecule has 24 heavy (non-hydrogen) atoms. The molecule has 1 unspecified atom stereocenters. The molecule has 132 valence electrons. The molecule has 2 N–H and O–H groups in total. The molecule has 1 aromatic heterocycles. The first-order valence-electron chi connectivity index (χ1n) is 7.73. The highest BCUT2D eigenvalue weighted by atomic mass is 35.5. The van der Waals surface area contributed by atoms with Crippen LogP contribution in [0.25, 0.3) is 0 Å². The van der Waals surface area contributed by atoms with Gasteiger partial charge in [0.25, 0.3) is 0 Å². The molecular weight excluding hydrogens is 350 g/mol. The van der Waals surface area contributed by atoms with Crippen molar-refractivity contribution in [2.45, 2.75) is 38.6 Å². The maximum absolute atomic E-state index is 11.6. The summed E-state index contributed by atoms with van der Waals surface area (Å²) >= 11 is 0. The van der Waals surface area contributed by atoms with Gasteiger partial charge in [0.05, 0.1) is 24.0 Å². The van der Waals surface area contributed by atoms with E-state index in [2.05, 4.69) is 16.6 Å². The summed E-state index contributed by atoms with van der Waals surface area (Å²) in [7, 11) is -3.44. The number of halogens is 1. The van der Waals surface area contributed by atoms with Gasteiger partial charge in [-0.05, 0) is 43.4 Å². The van der Waals surface area contributed by atoms with Gasteiger partial charge in [-0.2, -0.15) is 0 Å². The number of rotatable bonds is 4. The molecule has 0 spiro atoms. The second kappa shape index (κ2) is 7.03. The predicted octanol–water partition coefficient (Wildman–Crippen LogP) is 2.87. The number of phenols is 1. The normalized spacial score (nSPS) is 17.0. The fourth-order valence-electron chi connectivity index (χ4n) is 3.22. The van der Waals surface area contributed by atoms with E-state index in [-0.39, 0.29) is 24.1 Å². The van der Waals surface area contributed by atoms with Gasteiger partial charge in [0.2, 0.25) is 10.0 Å². The number of nitrogens with zero attached hydrogens (tertiary/aromatic N) is 2. The number of nitrogens with one attached hydrogen (secondary N) is 1. The molecule has 1 aliphatic rings. The van der Waals surface area contributed by atoms with Gasteiger partial charge in [-0.3, -0.25) is 4.72 Å². The van der Waals surface area contributed by atoms with Crippen molar-refractivity contribution in [2.24, 2.45) is 0 Å². The summed E-state index contributed by atoms with van der Waals surface area (Å²) < 4.78 is 27.7. The number of aromatic nitrogens is 2. The fraction of sp³-hybridized carbons (Fsp3) is 0.438. The van der Waals surface area contributed by atoms with Gasteiger partial charge in [0.1, 0.15) is 5.75 Å². The van der Waals surface area contributed by atoms with Gasteiger partial charge in [0.15, 0.2) is 0 Å². The zero-order valence-electron chi connectivity index (χ0n) is 13.7. The van der Waals surface area contributed by atoms with Crippen LogP contribution >= 0.6 is 12.4 Å². The number of hydrogen-bond acceptors (Lipinski definition) is 4. The number of sulfonamides is 1. The minimum absolute atomic E-state index is 0. The number of phenolic OH excluding ortho intramolecular Hbond substituents is 1. The SMILES string of the molecule is CCn1cnc(C2CCCc3c2ccc(O)c3NS(C)(=O)=O)c1.Cl. The summed E-state index contributed by atoms with van der Waals surface area (Å²) in [5.41, 5.74) is 3.22. The van der Waals surface area contributed by atoms with Gasteiger partial charge in [0, 0.05) is 18.7 Å². The number of aryl methyl sites for hydroxylation is 1. The molecular formula is C16H22ClN3O3S. The van der Waals surface area contributed by atoms with E-state index in [0.717, 1.165) is 48.9 Å². The highest BCUT2D eigenvalue weighted by Gasteiger charge is 2.27. The summed E-state index contributed by atoms with van der Waals surface area (Å²) in [4.78, 5) is 4.50. The lowest BCUT2D eigenvalue weighted by Gasteiger charge is -2.27. The second-order valence-corrected chi connectivity index (χ2v) is 7.72. The Kier molecular flexibility index (Phi) is 5.45. The molecule has 0 saturated carbocycles. The molecule has 1 aliphatic carbocycles. The monoisotopic (exact) mass is 371 g/mol. The Morgan fingerprint density at radius 3 is 2.79 bits per heavy atom. The highest BCUT2D eigenvalue weighted by molar-refractivity contribution is 7.92. The lowest BCUT2D eigenvalue weighted by molar-refractivity contribution is 0.475. The Hall–Kier alpha value is -1.73. The molecule has 6 nitrogen and oxygen atoms in total. The molecule has 3 rings (SSSR count). The van der Waals surface area contributed by atoms with E-state index in [4.69, 9.17) is 0 Å². The second-order valence-electron chi connectivity index (χ2n) is 5.98. The average Bonchev–Trinajstić information content (AvgIpc) is 2.97. The zero-order chi connectivity index (χ0) is 16.6. The summed E-state index contributed by atoms with van der Waals surface area (Å²) in [6, 6.07) is 3.44. The van der Waals surface area contributed by atoms with E-state index in [1.807, 2.05) is 23.2 Å². The first-order chi connectivity index (χ1) is 10.9. The maximum atomic E-state index is 11.6. The third-order valence-corrected chi connectivity index (χ3v) is 4.86. The van der Waals surface area contributed by atoms with Crippen LogP contribution in [0, 0.1) is 0 Å². The smallest absolute Gasteiger partial charge is 0.229 e. The van der Waals surface area contributed by atoms with E-state index < -0.39 is 10.0 Å². The van der Waals surface area contributed by atoms with Crippen LogP contribution in [0.1, 0.15) is 42.5 Å². The molecule has 0 saturated heterocycles. The minimum Gasteiger partial charge on any atom is -0.506 e. The van der Waals surface area contributed by atoms with Crippen LogP contribution in [-0.2, 0) is 23.0 Å². The topological polar surface area (TPSA) is 84.2 Å². The molecule has 0 fully saturated rings. The number of fused-ring (bicyclic) bond motifs is 1. The van der Waals surface area contributed by atoms with Crippen molar-refractivity contribution in [2.75, 3.05) is 11.0 Å². The Labute approximate surface area is 148 Å². The van der Waals surface area contributed by atoms with Crippen molar-refractivity contribution in [1.82, 2.24) is 9.55 Å². The standard InChI is InChI=1S/C16H21N3O3S.ClH/c1-3-19-9-14(17-10-19)12-5-4-6-13-11(12)7-8-15(20)16(13)18-23(2,21)22;/h7-10,12,18,20H,3-6H2,1-2H3;1H. The zero-order valence-corrected chi connectivity index (χ0v) is 15.3. The quantitative estimate of drug-likeness (QED) is 0.809. The summed E-state index contributed by atoms with van der Waals surface area (Å²) in [5.74, 6) is 0.0983. The largest absolute Gasteiger partial charge is 0.506 e. The molecule has 0 radical (unpaired) electrons. The Morgan fingerprint density at radius 1 is 1.42 bits per heavy atom. The molecule has 0 bridgehead atoms. The van der Waals surface area contributed by atoms with Gasteiger partial charge >= 0.3 is 0 Å². The summed E-state index contributed by atoms with van der Waals surface area (Å²) in [6.45, 7) is 2.93. The Morgan fingerprint density at radius 2 is 2.17 bits per heavy atom. The summed E-state index contributed by atoms with van der Waals surface area (Å²) in [6.07, 6.45) is 7.59. The molecule has 0 aliphatic heterocycles. The van der Waals surface area contributed by atoms with Crippen LogP contribution in [-0.4, -0.2) is 29.3 Å². The van der Waals surface area contributed by atoms with Crippen LogP contribution in [0.4, 0.5) is 5.69 Å². The fourth-order valence-corrected chi connectivity index (χ4v) is 3.82. The van der Waals surface area contributed by atoms with Gasteiger partial charge < -0.3 is 9.67 Å². The molecule has 1 aromatic carbocycles. The van der Waals surface area contributed by atoms with Gasteiger partial charge in [-0.25, -0.2) is 13.4 Å². The third kappa shape index (κ3) is 3.67. The van der Waals surface area contributed by atoms with Crippen molar-refractivity contribution in [3.63, 3.8) is 0 Å². The van der Waals surface area contributed by atoms with Crippen LogP contribution in [0.2, 0.25) is 0 Å². The number of hydrogen-bond donors (Lipinski definition) is 2. The minimum atomic E-state index is -3.44. The van der Waals surface area contributed by atoms with E-state index in [1.54, 1.807) is 6.07 Å². The predicted molar refractivity (Wildman–Crippen MR) is 96.5 cm³/mol.